The van der Waals surface area contributed by atoms with Gasteiger partial charge in [-0.15, -0.1) is 6.42 Å². The Morgan fingerprint density at radius 2 is 2.03 bits per heavy atom. The highest BCUT2D eigenvalue weighted by Gasteiger charge is 2.31. The molecule has 0 fully saturated rings. The van der Waals surface area contributed by atoms with Crippen molar-refractivity contribution in [3.8, 4) is 29.5 Å². The molecule has 31 heavy (non-hydrogen) atoms. The first-order chi connectivity index (χ1) is 15.0. The molecule has 0 spiro atoms. The van der Waals surface area contributed by atoms with Crippen LogP contribution in [0.5, 0.6) is 11.5 Å². The second-order valence-electron chi connectivity index (χ2n) is 7.59. The Hall–Kier alpha value is -3.72. The zero-order chi connectivity index (χ0) is 22.0. The van der Waals surface area contributed by atoms with Crippen molar-refractivity contribution in [1.29, 1.82) is 0 Å². The summed E-state index contributed by atoms with van der Waals surface area (Å²) >= 11 is 0. The molecule has 0 aliphatic carbocycles. The van der Waals surface area contributed by atoms with Gasteiger partial charge in [-0.2, -0.15) is 5.10 Å². The second-order valence-corrected chi connectivity index (χ2v) is 7.59. The maximum atomic E-state index is 12.6. The monoisotopic (exact) mass is 415 g/mol. The van der Waals surface area contributed by atoms with Gasteiger partial charge >= 0.3 is 0 Å². The molecule has 3 aromatic rings. The molecule has 6 heteroatoms. The highest BCUT2D eigenvalue weighted by Crippen LogP contribution is 2.41. The topological polar surface area (TPSA) is 65.4 Å². The van der Waals surface area contributed by atoms with Crippen LogP contribution in [0, 0.1) is 26.2 Å². The first-order valence-electron chi connectivity index (χ1n) is 10.3. The number of nitrogens with one attached hydrogen (secondary N) is 1. The predicted octanol–water partition coefficient (Wildman–Crippen LogP) is 4.37. The number of fused-ring (bicyclic) bond motifs is 1. The van der Waals surface area contributed by atoms with Crippen molar-refractivity contribution in [2.75, 3.05) is 18.5 Å². The third kappa shape index (κ3) is 3.99. The van der Waals surface area contributed by atoms with Crippen LogP contribution in [0.3, 0.4) is 0 Å². The summed E-state index contributed by atoms with van der Waals surface area (Å²) < 4.78 is 13.2. The summed E-state index contributed by atoms with van der Waals surface area (Å²) in [5.41, 5.74) is 5.16. The zero-order valence-electron chi connectivity index (χ0n) is 17.9. The Balaban J connectivity index is 1.76. The van der Waals surface area contributed by atoms with Crippen molar-refractivity contribution in [3.05, 3.63) is 64.8 Å². The van der Waals surface area contributed by atoms with Crippen LogP contribution < -0.4 is 14.8 Å². The Kier molecular flexibility index (Phi) is 5.68. The van der Waals surface area contributed by atoms with Crippen LogP contribution in [0.25, 0.3) is 5.69 Å². The van der Waals surface area contributed by atoms with Crippen molar-refractivity contribution >= 4 is 11.7 Å². The van der Waals surface area contributed by atoms with Gasteiger partial charge in [0, 0.05) is 17.9 Å². The van der Waals surface area contributed by atoms with Crippen LogP contribution in [0.15, 0.2) is 42.6 Å². The van der Waals surface area contributed by atoms with E-state index < -0.39 is 0 Å². The van der Waals surface area contributed by atoms with Gasteiger partial charge in [0.15, 0.2) is 11.5 Å². The number of carbonyl (C=O) groups is 1. The van der Waals surface area contributed by atoms with Crippen LogP contribution in [0.1, 0.15) is 41.5 Å². The smallest absolute Gasteiger partial charge is 0.226 e. The van der Waals surface area contributed by atoms with Gasteiger partial charge in [0.05, 0.1) is 18.5 Å². The van der Waals surface area contributed by atoms with E-state index in [4.69, 9.17) is 15.9 Å². The maximum Gasteiger partial charge on any atom is 0.226 e. The lowest BCUT2D eigenvalue weighted by Gasteiger charge is -2.25. The summed E-state index contributed by atoms with van der Waals surface area (Å²) in [5, 5.41) is 7.62. The minimum absolute atomic E-state index is 0.0466. The van der Waals surface area contributed by atoms with E-state index in [9.17, 15) is 4.79 Å². The highest BCUT2D eigenvalue weighted by atomic mass is 16.5. The number of aryl methyl sites for hydroxylation is 2. The molecule has 1 N–H and O–H groups in total. The first kappa shape index (κ1) is 20.5. The summed E-state index contributed by atoms with van der Waals surface area (Å²) in [6.45, 7) is 6.68. The molecule has 2 aromatic carbocycles. The number of terminal acetylenes is 1. The Morgan fingerprint density at radius 1 is 1.19 bits per heavy atom. The van der Waals surface area contributed by atoms with E-state index in [1.807, 2.05) is 55.1 Å². The fraction of sp³-hybridized carbons (Fsp3) is 0.280. The van der Waals surface area contributed by atoms with Gasteiger partial charge in [-0.3, -0.25) is 4.79 Å². The Labute approximate surface area is 182 Å². The number of carbonyl (C=O) groups excluding carboxylic acids is 1. The highest BCUT2D eigenvalue weighted by molar-refractivity contribution is 5.94. The third-order valence-corrected chi connectivity index (χ3v) is 5.38. The lowest BCUT2D eigenvalue weighted by molar-refractivity contribution is -0.116. The predicted molar refractivity (Wildman–Crippen MR) is 120 cm³/mol. The molecule has 1 amide bonds. The number of hydrogen-bond donors (Lipinski definition) is 1. The van der Waals surface area contributed by atoms with E-state index in [2.05, 4.69) is 29.3 Å². The number of aromatic nitrogens is 2. The van der Waals surface area contributed by atoms with E-state index in [1.54, 1.807) is 0 Å². The molecule has 0 saturated heterocycles. The molecule has 0 bridgehead atoms. The van der Waals surface area contributed by atoms with Gasteiger partial charge in [-0.1, -0.05) is 29.7 Å². The number of ether oxygens (including phenoxy) is 2. The molecule has 4 rings (SSSR count). The number of nitrogens with zero attached hydrogens (tertiary/aromatic N) is 2. The number of hydrogen-bond acceptors (Lipinski definition) is 4. The largest absolute Gasteiger partial charge is 0.490 e. The first-order valence-corrected chi connectivity index (χ1v) is 10.3. The number of rotatable bonds is 6. The fourth-order valence-electron chi connectivity index (χ4n) is 3.99. The van der Waals surface area contributed by atoms with Crippen LogP contribution in [0.2, 0.25) is 0 Å². The van der Waals surface area contributed by atoms with Gasteiger partial charge in [-0.05, 0) is 50.1 Å². The van der Waals surface area contributed by atoms with Crippen molar-refractivity contribution < 1.29 is 14.3 Å². The van der Waals surface area contributed by atoms with Crippen molar-refractivity contribution in [2.45, 2.75) is 33.1 Å². The van der Waals surface area contributed by atoms with Gasteiger partial charge in [-0.25, -0.2) is 4.68 Å². The molecule has 1 aliphatic rings. The quantitative estimate of drug-likeness (QED) is 0.607. The second kappa shape index (κ2) is 8.57. The van der Waals surface area contributed by atoms with Gasteiger partial charge in [0.2, 0.25) is 5.91 Å². The van der Waals surface area contributed by atoms with Crippen LogP contribution in [-0.2, 0) is 4.79 Å². The zero-order valence-corrected chi connectivity index (χ0v) is 17.9. The van der Waals surface area contributed by atoms with Gasteiger partial charge in [0.1, 0.15) is 12.4 Å². The summed E-state index contributed by atoms with van der Waals surface area (Å²) in [7, 11) is 0. The molecule has 6 nitrogen and oxygen atoms in total. The lowest BCUT2D eigenvalue weighted by Crippen LogP contribution is -2.24. The van der Waals surface area contributed by atoms with E-state index in [0.717, 1.165) is 22.4 Å². The summed E-state index contributed by atoms with van der Waals surface area (Å²) in [6.07, 6.45) is 7.49. The molecule has 1 unspecified atom stereocenters. The summed E-state index contributed by atoms with van der Waals surface area (Å²) in [4.78, 5) is 12.6. The fourth-order valence-corrected chi connectivity index (χ4v) is 3.99. The molecule has 0 radical (unpaired) electrons. The third-order valence-electron chi connectivity index (χ3n) is 5.38. The lowest BCUT2D eigenvalue weighted by atomic mass is 9.87. The molecule has 1 aromatic heterocycles. The SMILES string of the molecule is C#CCOc1ccc(C2CC(=O)Nc3c2cnn3-c2ccc(C)cc2C)cc1OCC. The molecular weight excluding hydrogens is 390 g/mol. The average molecular weight is 415 g/mol. The minimum atomic E-state index is -0.135. The maximum absolute atomic E-state index is 12.6. The Morgan fingerprint density at radius 3 is 2.77 bits per heavy atom. The van der Waals surface area contributed by atoms with Crippen molar-refractivity contribution in [3.63, 3.8) is 0 Å². The molecule has 158 valence electrons. The van der Waals surface area contributed by atoms with E-state index >= 15 is 0 Å². The van der Waals surface area contributed by atoms with E-state index in [1.165, 1.54) is 5.56 Å². The van der Waals surface area contributed by atoms with Crippen LogP contribution in [-0.4, -0.2) is 28.9 Å². The summed E-state index contributed by atoms with van der Waals surface area (Å²) in [6, 6.07) is 11.9. The molecule has 1 aliphatic heterocycles. The van der Waals surface area contributed by atoms with Gasteiger partial charge < -0.3 is 14.8 Å². The molecular formula is C25H25N3O3. The Bertz CT molecular complexity index is 1170. The summed E-state index contributed by atoms with van der Waals surface area (Å²) in [5.74, 6) is 4.20. The molecule has 2 heterocycles. The average Bonchev–Trinajstić information content (AvgIpc) is 3.16. The number of benzene rings is 2. The molecule has 0 saturated carbocycles. The van der Waals surface area contributed by atoms with Crippen LogP contribution in [0.4, 0.5) is 5.82 Å². The number of amides is 1. The van der Waals surface area contributed by atoms with Gasteiger partial charge in [0.25, 0.3) is 0 Å². The van der Waals surface area contributed by atoms with Crippen molar-refractivity contribution in [1.82, 2.24) is 9.78 Å². The normalized spacial score (nSPS) is 15.0. The van der Waals surface area contributed by atoms with Crippen molar-refractivity contribution in [2.24, 2.45) is 0 Å². The van der Waals surface area contributed by atoms with E-state index in [-0.39, 0.29) is 18.4 Å². The standard InChI is InChI=1S/C25H25N3O3/c1-5-11-31-22-10-8-18(13-23(22)30-6-2)19-14-24(29)27-25-20(19)15-26-28(25)21-9-7-16(3)12-17(21)4/h1,7-10,12-13,15,19H,6,11,14H2,2-4H3,(H,27,29). The van der Waals surface area contributed by atoms with Crippen LogP contribution >= 0.6 is 0 Å². The minimum Gasteiger partial charge on any atom is -0.490 e. The number of anilines is 1. The molecule has 1 atom stereocenters. The van der Waals surface area contributed by atoms with E-state index in [0.29, 0.717) is 30.3 Å².